The lowest BCUT2D eigenvalue weighted by molar-refractivity contribution is 0.172. The standard InChI is InChI=1S/C18H26N2O3/c1-13-6-8-20(9-7-13)17(21)19-11-18(2,3)14-4-5-15-16(10-14)23-12-22-15/h4-5,10,13H,6-9,11-12H2,1-3H3,(H,19,21). The molecule has 0 spiro atoms. The van der Waals surface area contributed by atoms with Crippen LogP contribution in [0.5, 0.6) is 11.5 Å². The van der Waals surface area contributed by atoms with Crippen LogP contribution >= 0.6 is 0 Å². The molecule has 0 saturated carbocycles. The van der Waals surface area contributed by atoms with Gasteiger partial charge in [0.1, 0.15) is 0 Å². The van der Waals surface area contributed by atoms with E-state index in [1.807, 2.05) is 23.1 Å². The van der Waals surface area contributed by atoms with Gasteiger partial charge in [0.15, 0.2) is 11.5 Å². The van der Waals surface area contributed by atoms with Crippen LogP contribution in [0, 0.1) is 5.92 Å². The third-order valence-corrected chi connectivity index (χ3v) is 4.91. The Labute approximate surface area is 137 Å². The average molecular weight is 318 g/mol. The summed E-state index contributed by atoms with van der Waals surface area (Å²) in [6.45, 7) is 9.10. The molecule has 2 amide bonds. The molecule has 0 radical (unpaired) electrons. The van der Waals surface area contributed by atoms with Gasteiger partial charge in [0.05, 0.1) is 0 Å². The zero-order valence-electron chi connectivity index (χ0n) is 14.2. The van der Waals surface area contributed by atoms with E-state index in [0.717, 1.165) is 48.9 Å². The topological polar surface area (TPSA) is 50.8 Å². The first-order valence-corrected chi connectivity index (χ1v) is 8.38. The van der Waals surface area contributed by atoms with Crippen LogP contribution in [0.2, 0.25) is 0 Å². The highest BCUT2D eigenvalue weighted by molar-refractivity contribution is 5.74. The maximum absolute atomic E-state index is 12.3. The number of hydrogen-bond donors (Lipinski definition) is 1. The molecule has 5 nitrogen and oxygen atoms in total. The van der Waals surface area contributed by atoms with E-state index in [1.165, 1.54) is 0 Å². The van der Waals surface area contributed by atoms with E-state index in [-0.39, 0.29) is 18.2 Å². The van der Waals surface area contributed by atoms with Crippen LogP contribution in [0.4, 0.5) is 4.79 Å². The number of likely N-dealkylation sites (tertiary alicyclic amines) is 1. The van der Waals surface area contributed by atoms with Gasteiger partial charge in [0, 0.05) is 25.0 Å². The highest BCUT2D eigenvalue weighted by Gasteiger charge is 2.26. The van der Waals surface area contributed by atoms with E-state index in [1.54, 1.807) is 0 Å². The van der Waals surface area contributed by atoms with Crippen LogP contribution in [0.25, 0.3) is 0 Å². The summed E-state index contributed by atoms with van der Waals surface area (Å²) >= 11 is 0. The molecule has 1 N–H and O–H groups in total. The van der Waals surface area contributed by atoms with Crippen molar-refractivity contribution in [2.24, 2.45) is 5.92 Å². The number of ether oxygens (including phenoxy) is 2. The fourth-order valence-corrected chi connectivity index (χ4v) is 3.04. The number of hydrogen-bond acceptors (Lipinski definition) is 3. The molecule has 1 saturated heterocycles. The summed E-state index contributed by atoms with van der Waals surface area (Å²) in [5.41, 5.74) is 0.967. The molecule has 0 unspecified atom stereocenters. The molecule has 0 aliphatic carbocycles. The van der Waals surface area contributed by atoms with Crippen molar-refractivity contribution in [3.63, 3.8) is 0 Å². The van der Waals surface area contributed by atoms with Crippen molar-refractivity contribution in [2.75, 3.05) is 26.4 Å². The molecule has 0 aromatic heterocycles. The maximum atomic E-state index is 12.3. The molecule has 1 aromatic rings. The Bertz CT molecular complexity index is 578. The molecule has 2 aliphatic rings. The molecular formula is C18H26N2O3. The van der Waals surface area contributed by atoms with Crippen LogP contribution in [0.15, 0.2) is 18.2 Å². The third-order valence-electron chi connectivity index (χ3n) is 4.91. The number of benzene rings is 1. The summed E-state index contributed by atoms with van der Waals surface area (Å²) in [4.78, 5) is 14.3. The van der Waals surface area contributed by atoms with E-state index in [2.05, 4.69) is 26.1 Å². The first kappa shape index (κ1) is 16.0. The smallest absolute Gasteiger partial charge is 0.317 e. The number of carbonyl (C=O) groups excluding carboxylic acids is 1. The number of fused-ring (bicyclic) bond motifs is 1. The number of rotatable bonds is 3. The quantitative estimate of drug-likeness (QED) is 0.931. The summed E-state index contributed by atoms with van der Waals surface area (Å²) in [5, 5.41) is 3.09. The van der Waals surface area contributed by atoms with E-state index in [4.69, 9.17) is 9.47 Å². The highest BCUT2D eigenvalue weighted by Crippen LogP contribution is 2.36. The Balaban J connectivity index is 1.59. The van der Waals surface area contributed by atoms with Gasteiger partial charge in [-0.3, -0.25) is 0 Å². The Kier molecular flexibility index (Phi) is 4.37. The second-order valence-electron chi connectivity index (χ2n) is 7.28. The van der Waals surface area contributed by atoms with Crippen molar-refractivity contribution in [3.05, 3.63) is 23.8 Å². The lowest BCUT2D eigenvalue weighted by atomic mass is 9.84. The Morgan fingerprint density at radius 2 is 1.96 bits per heavy atom. The molecular weight excluding hydrogens is 292 g/mol. The molecule has 1 fully saturated rings. The van der Waals surface area contributed by atoms with Crippen molar-refractivity contribution in [3.8, 4) is 11.5 Å². The number of nitrogens with one attached hydrogen (secondary N) is 1. The number of urea groups is 1. The second kappa shape index (κ2) is 6.30. The van der Waals surface area contributed by atoms with Crippen LogP contribution in [-0.4, -0.2) is 37.4 Å². The molecule has 0 atom stereocenters. The fraction of sp³-hybridized carbons (Fsp3) is 0.611. The van der Waals surface area contributed by atoms with E-state index in [9.17, 15) is 4.79 Å². The Morgan fingerprint density at radius 3 is 2.70 bits per heavy atom. The minimum absolute atomic E-state index is 0.0470. The van der Waals surface area contributed by atoms with Crippen molar-refractivity contribution < 1.29 is 14.3 Å². The van der Waals surface area contributed by atoms with Crippen LogP contribution in [-0.2, 0) is 5.41 Å². The lowest BCUT2D eigenvalue weighted by Gasteiger charge is -2.32. The molecule has 2 heterocycles. The van der Waals surface area contributed by atoms with Gasteiger partial charge < -0.3 is 19.7 Å². The molecule has 3 rings (SSSR count). The van der Waals surface area contributed by atoms with Gasteiger partial charge in [-0.1, -0.05) is 26.8 Å². The molecule has 2 aliphatic heterocycles. The summed E-state index contributed by atoms with van der Waals surface area (Å²) < 4.78 is 10.8. The summed E-state index contributed by atoms with van der Waals surface area (Å²) in [5.74, 6) is 2.30. The van der Waals surface area contributed by atoms with Gasteiger partial charge in [-0.25, -0.2) is 4.79 Å². The largest absolute Gasteiger partial charge is 0.454 e. The van der Waals surface area contributed by atoms with Gasteiger partial charge in [0.2, 0.25) is 6.79 Å². The van der Waals surface area contributed by atoms with E-state index < -0.39 is 0 Å². The highest BCUT2D eigenvalue weighted by atomic mass is 16.7. The van der Waals surface area contributed by atoms with Crippen LogP contribution < -0.4 is 14.8 Å². The summed E-state index contributed by atoms with van der Waals surface area (Å²) in [6, 6.07) is 6.04. The zero-order valence-corrected chi connectivity index (χ0v) is 14.2. The van der Waals surface area contributed by atoms with Gasteiger partial charge in [-0.05, 0) is 36.5 Å². The molecule has 23 heavy (non-hydrogen) atoms. The zero-order chi connectivity index (χ0) is 16.4. The summed E-state index contributed by atoms with van der Waals surface area (Å²) in [7, 11) is 0. The van der Waals surface area contributed by atoms with Crippen molar-refractivity contribution >= 4 is 6.03 Å². The number of nitrogens with zero attached hydrogens (tertiary/aromatic N) is 1. The normalized spacial score (nSPS) is 18.1. The van der Waals surface area contributed by atoms with Gasteiger partial charge in [-0.15, -0.1) is 0 Å². The van der Waals surface area contributed by atoms with Gasteiger partial charge in [0.25, 0.3) is 0 Å². The molecule has 5 heteroatoms. The first-order chi connectivity index (χ1) is 11.0. The average Bonchev–Trinajstić information content (AvgIpc) is 3.01. The lowest BCUT2D eigenvalue weighted by Crippen LogP contribution is -2.47. The van der Waals surface area contributed by atoms with Crippen molar-refractivity contribution in [2.45, 2.75) is 39.0 Å². The molecule has 1 aromatic carbocycles. The predicted octanol–water partition coefficient (Wildman–Crippen LogP) is 3.13. The van der Waals surface area contributed by atoms with Crippen LogP contribution in [0.3, 0.4) is 0 Å². The first-order valence-electron chi connectivity index (χ1n) is 8.38. The maximum Gasteiger partial charge on any atom is 0.317 e. The second-order valence-corrected chi connectivity index (χ2v) is 7.28. The van der Waals surface area contributed by atoms with Crippen molar-refractivity contribution in [1.29, 1.82) is 0 Å². The van der Waals surface area contributed by atoms with Gasteiger partial charge >= 0.3 is 6.03 Å². The Morgan fingerprint density at radius 1 is 1.26 bits per heavy atom. The Hall–Kier alpha value is -1.91. The minimum Gasteiger partial charge on any atom is -0.454 e. The van der Waals surface area contributed by atoms with Crippen LogP contribution in [0.1, 0.15) is 39.2 Å². The number of carbonyl (C=O) groups is 1. The van der Waals surface area contributed by atoms with Crippen molar-refractivity contribution in [1.82, 2.24) is 10.2 Å². The van der Waals surface area contributed by atoms with E-state index >= 15 is 0 Å². The predicted molar refractivity (Wildman–Crippen MR) is 89.0 cm³/mol. The summed E-state index contributed by atoms with van der Waals surface area (Å²) in [6.07, 6.45) is 2.19. The van der Waals surface area contributed by atoms with E-state index in [0.29, 0.717) is 6.54 Å². The number of piperidine rings is 1. The van der Waals surface area contributed by atoms with Gasteiger partial charge in [-0.2, -0.15) is 0 Å². The molecule has 0 bridgehead atoms. The monoisotopic (exact) mass is 318 g/mol. The SMILES string of the molecule is CC1CCN(C(=O)NCC(C)(C)c2ccc3c(c2)OCO3)CC1. The molecule has 126 valence electrons. The fourth-order valence-electron chi connectivity index (χ4n) is 3.04. The third kappa shape index (κ3) is 3.54. The minimum atomic E-state index is -0.167. The number of amides is 2.